The molecule has 2 saturated heterocycles. The maximum absolute atomic E-state index is 12.7. The molecule has 2 aliphatic heterocycles. The van der Waals surface area contributed by atoms with E-state index in [1.165, 1.54) is 0 Å². The van der Waals surface area contributed by atoms with Gasteiger partial charge in [-0.2, -0.15) is 0 Å². The maximum Gasteiger partial charge on any atom is 0.240 e. The molecule has 1 amide bonds. The first kappa shape index (κ1) is 15.8. The molecule has 6 heteroatoms. The highest BCUT2D eigenvalue weighted by atomic mass is 32.2. The highest BCUT2D eigenvalue weighted by Gasteiger charge is 2.41. The molecule has 2 aliphatic rings. The van der Waals surface area contributed by atoms with E-state index in [-0.39, 0.29) is 28.5 Å². The molecule has 0 aromatic carbocycles. The topological polar surface area (TPSA) is 66.5 Å². The lowest BCUT2D eigenvalue weighted by Crippen LogP contribution is -2.55. The number of sulfone groups is 1. The van der Waals surface area contributed by atoms with E-state index in [1.807, 2.05) is 18.7 Å². The Hall–Kier alpha value is -0.620. The second-order valence-corrected chi connectivity index (χ2v) is 9.03. The van der Waals surface area contributed by atoms with Crippen molar-refractivity contribution in [3.63, 3.8) is 0 Å². The number of carbonyl (C=O) groups is 1. The molecule has 5 nitrogen and oxygen atoms in total. The molecule has 1 N–H and O–H groups in total. The molecule has 0 saturated carbocycles. The number of nitrogens with one attached hydrogen (secondary N) is 1. The molecule has 20 heavy (non-hydrogen) atoms. The number of likely N-dealkylation sites (N-methyl/N-ethyl adjacent to an activating group) is 1. The van der Waals surface area contributed by atoms with Crippen LogP contribution in [0, 0.1) is 0 Å². The zero-order valence-corrected chi connectivity index (χ0v) is 13.5. The molecule has 0 aromatic heterocycles. The second kappa shape index (κ2) is 5.64. The first-order valence-electron chi connectivity index (χ1n) is 7.48. The van der Waals surface area contributed by atoms with Gasteiger partial charge in [0.1, 0.15) is 0 Å². The van der Waals surface area contributed by atoms with Crippen molar-refractivity contribution in [3.05, 3.63) is 0 Å². The highest BCUT2D eigenvalue weighted by molar-refractivity contribution is 7.92. The van der Waals surface area contributed by atoms with E-state index in [1.54, 1.807) is 7.05 Å². The van der Waals surface area contributed by atoms with E-state index in [9.17, 15) is 13.2 Å². The molecule has 0 bridgehead atoms. The summed E-state index contributed by atoms with van der Waals surface area (Å²) in [6.07, 6.45) is 4.14. The summed E-state index contributed by atoms with van der Waals surface area (Å²) < 4.78 is 24.1. The number of rotatable bonds is 3. The van der Waals surface area contributed by atoms with Crippen LogP contribution in [0.3, 0.4) is 0 Å². The number of likely N-dealkylation sites (tertiary alicyclic amines) is 1. The van der Waals surface area contributed by atoms with E-state index in [2.05, 4.69) is 5.32 Å². The molecule has 0 aromatic rings. The first-order valence-corrected chi connectivity index (χ1v) is 9.20. The Balaban J connectivity index is 2.22. The first-order chi connectivity index (χ1) is 9.28. The van der Waals surface area contributed by atoms with Crippen LogP contribution >= 0.6 is 0 Å². The van der Waals surface area contributed by atoms with E-state index in [4.69, 9.17) is 0 Å². The third-order valence-corrected chi connectivity index (χ3v) is 7.03. The van der Waals surface area contributed by atoms with Gasteiger partial charge in [-0.1, -0.05) is 0 Å². The van der Waals surface area contributed by atoms with Crippen molar-refractivity contribution >= 4 is 15.7 Å². The molecular formula is C14H26N2O3S. The molecule has 2 heterocycles. The number of nitrogens with zero attached hydrogens (tertiary/aromatic N) is 1. The lowest BCUT2D eigenvalue weighted by Gasteiger charge is -2.39. The summed E-state index contributed by atoms with van der Waals surface area (Å²) in [6.45, 7) is 4.45. The van der Waals surface area contributed by atoms with Gasteiger partial charge < -0.3 is 10.2 Å². The van der Waals surface area contributed by atoms with E-state index in [0.717, 1.165) is 25.7 Å². The summed E-state index contributed by atoms with van der Waals surface area (Å²) in [5.41, 5.74) is -0.263. The normalized spacial score (nSPS) is 33.1. The third-order valence-electron chi connectivity index (χ3n) is 4.77. The summed E-state index contributed by atoms with van der Waals surface area (Å²) in [4.78, 5) is 14.5. The molecule has 0 aliphatic carbocycles. The van der Waals surface area contributed by atoms with Crippen molar-refractivity contribution in [2.75, 3.05) is 19.3 Å². The van der Waals surface area contributed by atoms with Crippen LogP contribution in [0.4, 0.5) is 0 Å². The predicted octanol–water partition coefficient (Wildman–Crippen LogP) is 0.943. The van der Waals surface area contributed by atoms with Gasteiger partial charge in [0.25, 0.3) is 0 Å². The zero-order valence-electron chi connectivity index (χ0n) is 12.7. The minimum atomic E-state index is -3.01. The van der Waals surface area contributed by atoms with Crippen LogP contribution in [0.1, 0.15) is 46.0 Å². The van der Waals surface area contributed by atoms with Crippen molar-refractivity contribution in [2.24, 2.45) is 0 Å². The molecule has 0 spiro atoms. The van der Waals surface area contributed by atoms with Crippen LogP contribution in [0.15, 0.2) is 0 Å². The number of hydrogen-bond acceptors (Lipinski definition) is 4. The molecule has 2 unspecified atom stereocenters. The Labute approximate surface area is 122 Å². The zero-order chi connectivity index (χ0) is 15.0. The van der Waals surface area contributed by atoms with Gasteiger partial charge >= 0.3 is 0 Å². The van der Waals surface area contributed by atoms with Gasteiger partial charge in [-0.25, -0.2) is 8.42 Å². The third kappa shape index (κ3) is 3.01. The fraction of sp³-hybridized carbons (Fsp3) is 0.929. The smallest absolute Gasteiger partial charge is 0.240 e. The minimum Gasteiger partial charge on any atom is -0.335 e. The lowest BCUT2D eigenvalue weighted by molar-refractivity contribution is -0.137. The van der Waals surface area contributed by atoms with Gasteiger partial charge in [-0.15, -0.1) is 0 Å². The molecule has 116 valence electrons. The number of amides is 1. The Morgan fingerprint density at radius 1 is 1.30 bits per heavy atom. The molecular weight excluding hydrogens is 276 g/mol. The number of carbonyl (C=O) groups excluding carboxylic acids is 1. The maximum atomic E-state index is 12.7. The van der Waals surface area contributed by atoms with Crippen LogP contribution in [-0.4, -0.2) is 55.4 Å². The van der Waals surface area contributed by atoms with Gasteiger partial charge in [0.15, 0.2) is 9.84 Å². The SMILES string of the molecule is CNC1CCCC(C)(C)N(CC2CCCS2(=O)=O)C1=O. The quantitative estimate of drug-likeness (QED) is 0.843. The van der Waals surface area contributed by atoms with E-state index in [0.29, 0.717) is 13.0 Å². The monoisotopic (exact) mass is 302 g/mol. The van der Waals surface area contributed by atoms with Crippen LogP contribution in [0.2, 0.25) is 0 Å². The Bertz CT molecular complexity index is 473. The van der Waals surface area contributed by atoms with Gasteiger partial charge in [-0.3, -0.25) is 4.79 Å². The van der Waals surface area contributed by atoms with Crippen LogP contribution in [0.25, 0.3) is 0 Å². The van der Waals surface area contributed by atoms with Gasteiger partial charge in [0, 0.05) is 12.1 Å². The summed E-state index contributed by atoms with van der Waals surface area (Å²) in [7, 11) is -1.21. The Kier molecular flexibility index (Phi) is 4.44. The van der Waals surface area contributed by atoms with Crippen LogP contribution in [-0.2, 0) is 14.6 Å². The standard InChI is InChI=1S/C14H26N2O3S/c1-14(2)8-4-7-12(15-3)13(17)16(14)10-11-6-5-9-20(11,18)19/h11-12,15H,4-10H2,1-3H3. The largest absolute Gasteiger partial charge is 0.335 e. The number of hydrogen-bond donors (Lipinski definition) is 1. The fourth-order valence-corrected chi connectivity index (χ4v) is 5.16. The average Bonchev–Trinajstić information content (AvgIpc) is 2.64. The van der Waals surface area contributed by atoms with Crippen molar-refractivity contribution in [3.8, 4) is 0 Å². The fourth-order valence-electron chi connectivity index (χ4n) is 3.36. The summed E-state index contributed by atoms with van der Waals surface area (Å²) in [6, 6.07) is -0.180. The highest BCUT2D eigenvalue weighted by Crippen LogP contribution is 2.30. The van der Waals surface area contributed by atoms with Gasteiger partial charge in [-0.05, 0) is 53.0 Å². The van der Waals surface area contributed by atoms with Gasteiger partial charge in [0.05, 0.1) is 17.0 Å². The van der Waals surface area contributed by atoms with Crippen LogP contribution < -0.4 is 5.32 Å². The average molecular weight is 302 g/mol. The van der Waals surface area contributed by atoms with Crippen molar-refractivity contribution < 1.29 is 13.2 Å². The molecule has 2 rings (SSSR count). The van der Waals surface area contributed by atoms with Crippen molar-refractivity contribution in [1.29, 1.82) is 0 Å². The van der Waals surface area contributed by atoms with E-state index < -0.39 is 9.84 Å². The summed E-state index contributed by atoms with van der Waals surface area (Å²) in [5, 5.41) is 2.69. The predicted molar refractivity (Wildman–Crippen MR) is 79.3 cm³/mol. The Morgan fingerprint density at radius 2 is 2.00 bits per heavy atom. The Morgan fingerprint density at radius 3 is 2.55 bits per heavy atom. The second-order valence-electron chi connectivity index (χ2n) is 6.63. The minimum absolute atomic E-state index is 0.0529. The lowest BCUT2D eigenvalue weighted by atomic mass is 9.96. The molecule has 2 atom stereocenters. The van der Waals surface area contributed by atoms with E-state index >= 15 is 0 Å². The summed E-state index contributed by atoms with van der Waals surface area (Å²) >= 11 is 0. The summed E-state index contributed by atoms with van der Waals surface area (Å²) in [5.74, 6) is 0.326. The van der Waals surface area contributed by atoms with Gasteiger partial charge in [0.2, 0.25) is 5.91 Å². The van der Waals surface area contributed by atoms with Crippen molar-refractivity contribution in [2.45, 2.75) is 62.8 Å². The molecule has 0 radical (unpaired) electrons. The van der Waals surface area contributed by atoms with Crippen molar-refractivity contribution in [1.82, 2.24) is 10.2 Å². The van der Waals surface area contributed by atoms with Crippen LogP contribution in [0.5, 0.6) is 0 Å². The molecule has 2 fully saturated rings.